The van der Waals surface area contributed by atoms with E-state index in [1.54, 1.807) is 0 Å². The van der Waals surface area contributed by atoms with Crippen molar-refractivity contribution in [3.8, 4) is 0 Å². The summed E-state index contributed by atoms with van der Waals surface area (Å²) in [6.45, 7) is 2.13. The Balaban J connectivity index is 1.98. The highest BCUT2D eigenvalue weighted by Crippen LogP contribution is 2.35. The molecule has 0 saturated carbocycles. The molecule has 2 heterocycles. The molecule has 2 aliphatic heterocycles. The van der Waals surface area contributed by atoms with Gasteiger partial charge in [0.25, 0.3) is 0 Å². The van der Waals surface area contributed by atoms with E-state index in [2.05, 4.69) is 22.8 Å². The van der Waals surface area contributed by atoms with Gasteiger partial charge >= 0.3 is 0 Å². The van der Waals surface area contributed by atoms with Crippen LogP contribution in [0.1, 0.15) is 12.0 Å². The molecule has 2 saturated heterocycles. The maximum absolute atomic E-state index is 5.88. The van der Waals surface area contributed by atoms with Gasteiger partial charge < -0.3 is 10.6 Å². The van der Waals surface area contributed by atoms with E-state index < -0.39 is 0 Å². The zero-order chi connectivity index (χ0) is 9.60. The highest BCUT2D eigenvalue weighted by atomic mass is 35.5. The second-order valence-electron chi connectivity index (χ2n) is 4.25. The van der Waals surface area contributed by atoms with E-state index >= 15 is 0 Å². The predicted molar refractivity (Wildman–Crippen MR) is 57.5 cm³/mol. The summed E-state index contributed by atoms with van der Waals surface area (Å²) in [4.78, 5) is 0. The maximum atomic E-state index is 5.88. The van der Waals surface area contributed by atoms with Crippen molar-refractivity contribution in [2.24, 2.45) is 0 Å². The fourth-order valence-corrected chi connectivity index (χ4v) is 2.70. The SMILES string of the molecule is Clc1ccc([C@@]23CN[C@H](CN2)C3)cc1. The van der Waals surface area contributed by atoms with Gasteiger partial charge in [0.05, 0.1) is 5.54 Å². The Bertz CT molecular complexity index is 339. The number of fused-ring (bicyclic) bond motifs is 2. The highest BCUT2D eigenvalue weighted by molar-refractivity contribution is 6.30. The molecule has 0 aromatic heterocycles. The highest BCUT2D eigenvalue weighted by Gasteiger charge is 2.45. The second kappa shape index (κ2) is 2.96. The molecule has 3 heteroatoms. The van der Waals surface area contributed by atoms with Crippen LogP contribution in [0.15, 0.2) is 24.3 Å². The molecule has 74 valence electrons. The van der Waals surface area contributed by atoms with Crippen LogP contribution in [0.3, 0.4) is 0 Å². The minimum absolute atomic E-state index is 0.176. The fraction of sp³-hybridized carbons (Fsp3) is 0.455. The average Bonchev–Trinajstić information content (AvgIpc) is 2.79. The van der Waals surface area contributed by atoms with Crippen LogP contribution >= 0.6 is 11.6 Å². The first-order chi connectivity index (χ1) is 6.78. The molecule has 2 fully saturated rings. The standard InChI is InChI=1S/C11H13ClN2/c12-9-3-1-8(2-4-9)11-5-10(6-14-11)13-7-11/h1-4,10,13-14H,5-7H2/t10-,11+/m0/s1. The monoisotopic (exact) mass is 208 g/mol. The van der Waals surface area contributed by atoms with Gasteiger partial charge in [-0.2, -0.15) is 0 Å². The Morgan fingerprint density at radius 3 is 2.57 bits per heavy atom. The topological polar surface area (TPSA) is 24.1 Å². The van der Waals surface area contributed by atoms with Gasteiger partial charge in [0.2, 0.25) is 0 Å². The summed E-state index contributed by atoms with van der Waals surface area (Å²) < 4.78 is 0. The number of rotatable bonds is 1. The van der Waals surface area contributed by atoms with Gasteiger partial charge in [-0.3, -0.25) is 0 Å². The van der Waals surface area contributed by atoms with E-state index in [9.17, 15) is 0 Å². The molecular formula is C11H13ClN2. The van der Waals surface area contributed by atoms with Crippen molar-refractivity contribution in [1.82, 2.24) is 10.6 Å². The third-order valence-electron chi connectivity index (χ3n) is 3.37. The second-order valence-corrected chi connectivity index (χ2v) is 4.69. The Morgan fingerprint density at radius 1 is 1.29 bits per heavy atom. The molecule has 2 aliphatic rings. The Labute approximate surface area is 88.6 Å². The van der Waals surface area contributed by atoms with Gasteiger partial charge in [-0.25, -0.2) is 0 Å². The zero-order valence-corrected chi connectivity index (χ0v) is 8.64. The summed E-state index contributed by atoms with van der Waals surface area (Å²) in [5.74, 6) is 0. The van der Waals surface area contributed by atoms with Gasteiger partial charge in [0.1, 0.15) is 0 Å². The average molecular weight is 209 g/mol. The van der Waals surface area contributed by atoms with Gasteiger partial charge in [-0.15, -0.1) is 0 Å². The van der Waals surface area contributed by atoms with Crippen LogP contribution in [0.4, 0.5) is 0 Å². The van der Waals surface area contributed by atoms with Crippen molar-refractivity contribution in [2.75, 3.05) is 13.1 Å². The molecule has 14 heavy (non-hydrogen) atoms. The molecule has 0 spiro atoms. The largest absolute Gasteiger partial charge is 0.310 e. The Kier molecular flexibility index (Phi) is 1.84. The van der Waals surface area contributed by atoms with Crippen molar-refractivity contribution in [3.05, 3.63) is 34.9 Å². The first-order valence-corrected chi connectivity index (χ1v) is 5.41. The summed E-state index contributed by atoms with van der Waals surface area (Å²) in [6.07, 6.45) is 1.20. The van der Waals surface area contributed by atoms with Crippen LogP contribution in [-0.4, -0.2) is 19.1 Å². The molecule has 2 atom stereocenters. The molecule has 0 amide bonds. The van der Waals surface area contributed by atoms with Crippen molar-refractivity contribution in [3.63, 3.8) is 0 Å². The number of halogens is 1. The minimum Gasteiger partial charge on any atom is -0.310 e. The minimum atomic E-state index is 0.176. The van der Waals surface area contributed by atoms with Gasteiger partial charge in [-0.05, 0) is 24.1 Å². The fourth-order valence-electron chi connectivity index (χ4n) is 2.57. The zero-order valence-electron chi connectivity index (χ0n) is 7.89. The predicted octanol–water partition coefficient (Wildman–Crippen LogP) is 1.50. The van der Waals surface area contributed by atoms with Gasteiger partial charge in [0, 0.05) is 24.2 Å². The van der Waals surface area contributed by atoms with Gasteiger partial charge in [0.15, 0.2) is 0 Å². The van der Waals surface area contributed by atoms with Crippen LogP contribution in [0.5, 0.6) is 0 Å². The van der Waals surface area contributed by atoms with Crippen LogP contribution < -0.4 is 10.6 Å². The van der Waals surface area contributed by atoms with Gasteiger partial charge in [-0.1, -0.05) is 23.7 Å². The molecular weight excluding hydrogens is 196 g/mol. The molecule has 2 N–H and O–H groups in total. The Hall–Kier alpha value is -0.570. The van der Waals surface area contributed by atoms with E-state index in [1.807, 2.05) is 12.1 Å². The van der Waals surface area contributed by atoms with Crippen LogP contribution in [0.2, 0.25) is 5.02 Å². The smallest absolute Gasteiger partial charge is 0.0577 e. The number of piperazine rings is 1. The van der Waals surface area contributed by atoms with E-state index in [4.69, 9.17) is 11.6 Å². The van der Waals surface area contributed by atoms with Crippen molar-refractivity contribution in [2.45, 2.75) is 18.0 Å². The molecule has 1 aromatic carbocycles. The third kappa shape index (κ3) is 1.18. The quantitative estimate of drug-likeness (QED) is 0.731. The summed E-state index contributed by atoms with van der Waals surface area (Å²) in [5.41, 5.74) is 1.53. The number of hydrogen-bond acceptors (Lipinski definition) is 2. The maximum Gasteiger partial charge on any atom is 0.0577 e. The van der Waals surface area contributed by atoms with E-state index in [1.165, 1.54) is 12.0 Å². The molecule has 3 rings (SSSR count). The van der Waals surface area contributed by atoms with E-state index in [0.29, 0.717) is 6.04 Å². The number of hydrogen-bond donors (Lipinski definition) is 2. The summed E-state index contributed by atoms with van der Waals surface area (Å²) >= 11 is 5.88. The van der Waals surface area contributed by atoms with Crippen LogP contribution in [0, 0.1) is 0 Å². The molecule has 2 bridgehead atoms. The first kappa shape index (κ1) is 8.72. The molecule has 0 aliphatic carbocycles. The summed E-state index contributed by atoms with van der Waals surface area (Å²) in [7, 11) is 0. The lowest BCUT2D eigenvalue weighted by molar-refractivity contribution is 0.392. The molecule has 0 unspecified atom stereocenters. The number of benzene rings is 1. The lowest BCUT2D eigenvalue weighted by Gasteiger charge is -2.28. The summed E-state index contributed by atoms with van der Waals surface area (Å²) in [6, 6.07) is 8.86. The Morgan fingerprint density at radius 2 is 2.07 bits per heavy atom. The van der Waals surface area contributed by atoms with Crippen LogP contribution in [0.25, 0.3) is 0 Å². The van der Waals surface area contributed by atoms with E-state index in [0.717, 1.165) is 18.1 Å². The molecule has 1 aromatic rings. The van der Waals surface area contributed by atoms with Crippen molar-refractivity contribution < 1.29 is 0 Å². The third-order valence-corrected chi connectivity index (χ3v) is 3.62. The lowest BCUT2D eigenvalue weighted by Crippen LogP contribution is -2.47. The molecule has 0 radical (unpaired) electrons. The lowest BCUT2D eigenvalue weighted by atomic mass is 9.90. The number of nitrogens with one attached hydrogen (secondary N) is 2. The van der Waals surface area contributed by atoms with E-state index in [-0.39, 0.29) is 5.54 Å². The first-order valence-electron chi connectivity index (χ1n) is 5.03. The molecule has 2 nitrogen and oxygen atoms in total. The van der Waals surface area contributed by atoms with Crippen molar-refractivity contribution >= 4 is 11.6 Å². The normalized spacial score (nSPS) is 35.1. The van der Waals surface area contributed by atoms with Crippen molar-refractivity contribution in [1.29, 1.82) is 0 Å². The van der Waals surface area contributed by atoms with Crippen LogP contribution in [-0.2, 0) is 5.54 Å². The summed E-state index contributed by atoms with van der Waals surface area (Å²) in [5, 5.41) is 7.92.